The van der Waals surface area contributed by atoms with Crippen molar-refractivity contribution in [1.82, 2.24) is 14.9 Å². The summed E-state index contributed by atoms with van der Waals surface area (Å²) in [4.78, 5) is 3.71. The van der Waals surface area contributed by atoms with E-state index in [1.54, 1.807) is 0 Å². The number of rotatable bonds is 4. The molecule has 0 bridgehead atoms. The van der Waals surface area contributed by atoms with Gasteiger partial charge in [0.2, 0.25) is 0 Å². The number of nitrogens with one attached hydrogen (secondary N) is 2. The number of aryl methyl sites for hydroxylation is 1. The van der Waals surface area contributed by atoms with Crippen LogP contribution in [0, 0.1) is 0 Å². The van der Waals surface area contributed by atoms with Gasteiger partial charge in [0.1, 0.15) is 0 Å². The summed E-state index contributed by atoms with van der Waals surface area (Å²) in [7, 11) is 0. The minimum atomic E-state index is 0.215. The number of fused-ring (bicyclic) bond motifs is 7. The SMILES string of the molecule is C/C=C\CN[C@@H](C)n1c2c(c3ccc4c5ccccc5[nH]c4c31)CCC=C2. The molecule has 2 aromatic carbocycles. The Bertz CT molecular complexity index is 1200. The van der Waals surface area contributed by atoms with Crippen LogP contribution in [-0.4, -0.2) is 16.1 Å². The largest absolute Gasteiger partial charge is 0.353 e. The van der Waals surface area contributed by atoms with Crippen molar-refractivity contribution in [3.8, 4) is 0 Å². The zero-order valence-electron chi connectivity index (χ0n) is 15.9. The van der Waals surface area contributed by atoms with Crippen LogP contribution in [0.25, 0.3) is 38.8 Å². The first-order valence-electron chi connectivity index (χ1n) is 9.87. The lowest BCUT2D eigenvalue weighted by molar-refractivity contribution is 0.469. The van der Waals surface area contributed by atoms with Crippen LogP contribution in [0.2, 0.25) is 0 Å². The zero-order chi connectivity index (χ0) is 18.4. The summed E-state index contributed by atoms with van der Waals surface area (Å²) in [5.41, 5.74) is 6.60. The van der Waals surface area contributed by atoms with Crippen molar-refractivity contribution in [1.29, 1.82) is 0 Å². The number of para-hydroxylation sites is 1. The Morgan fingerprint density at radius 3 is 2.89 bits per heavy atom. The summed E-state index contributed by atoms with van der Waals surface area (Å²) in [5.74, 6) is 0. The van der Waals surface area contributed by atoms with Crippen molar-refractivity contribution >= 4 is 38.8 Å². The van der Waals surface area contributed by atoms with Crippen molar-refractivity contribution in [3.05, 3.63) is 65.9 Å². The van der Waals surface area contributed by atoms with E-state index >= 15 is 0 Å². The van der Waals surface area contributed by atoms with Gasteiger partial charge in [0.15, 0.2) is 0 Å². The van der Waals surface area contributed by atoms with Crippen LogP contribution < -0.4 is 5.32 Å². The van der Waals surface area contributed by atoms with E-state index in [1.165, 1.54) is 44.0 Å². The summed E-state index contributed by atoms with van der Waals surface area (Å²) in [6, 6.07) is 13.2. The van der Waals surface area contributed by atoms with E-state index in [-0.39, 0.29) is 6.17 Å². The molecule has 0 saturated heterocycles. The Morgan fingerprint density at radius 2 is 2.00 bits per heavy atom. The van der Waals surface area contributed by atoms with E-state index in [0.717, 1.165) is 19.4 Å². The molecule has 0 unspecified atom stereocenters. The van der Waals surface area contributed by atoms with Gasteiger partial charge in [-0.25, -0.2) is 0 Å². The number of allylic oxidation sites excluding steroid dienone is 2. The Labute approximate surface area is 159 Å². The standard InChI is InChI=1S/C24H25N3/c1-3-4-15-25-16(2)27-22-12-8-6-10-18(22)20-14-13-19-17-9-5-7-11-21(17)26-23(19)24(20)27/h3-5,7-9,11-14,16,25-26H,6,10,15H2,1-2H3/b4-3-/t16-/m1/s1. The maximum Gasteiger partial charge on any atom is 0.0820 e. The van der Waals surface area contributed by atoms with Gasteiger partial charge in [0.05, 0.1) is 17.2 Å². The normalized spacial score (nSPS) is 15.3. The van der Waals surface area contributed by atoms with Crippen LogP contribution in [0.4, 0.5) is 0 Å². The van der Waals surface area contributed by atoms with Crippen molar-refractivity contribution in [2.75, 3.05) is 6.54 Å². The Hall–Kier alpha value is -2.78. The van der Waals surface area contributed by atoms with Gasteiger partial charge in [-0.05, 0) is 44.4 Å². The molecule has 1 aliphatic carbocycles. The predicted molar refractivity (Wildman–Crippen MR) is 116 cm³/mol. The fraction of sp³-hybridized carbons (Fsp3) is 0.250. The number of aromatic nitrogens is 2. The number of hydrogen-bond acceptors (Lipinski definition) is 1. The van der Waals surface area contributed by atoms with Gasteiger partial charge in [0, 0.05) is 33.9 Å². The summed E-state index contributed by atoms with van der Waals surface area (Å²) in [6.07, 6.45) is 11.3. The molecular formula is C24H25N3. The molecule has 5 rings (SSSR count). The number of nitrogens with zero attached hydrogens (tertiary/aromatic N) is 1. The average Bonchev–Trinajstić information content (AvgIpc) is 3.24. The second-order valence-corrected chi connectivity index (χ2v) is 7.38. The third kappa shape index (κ3) is 2.46. The van der Waals surface area contributed by atoms with Crippen molar-refractivity contribution < 1.29 is 0 Å². The number of hydrogen-bond donors (Lipinski definition) is 2. The third-order valence-electron chi connectivity index (χ3n) is 5.78. The van der Waals surface area contributed by atoms with Crippen LogP contribution in [0.15, 0.2) is 54.6 Å². The van der Waals surface area contributed by atoms with Gasteiger partial charge in [-0.3, -0.25) is 5.32 Å². The summed E-state index contributed by atoms with van der Waals surface area (Å²) in [5, 5.41) is 7.64. The second kappa shape index (κ2) is 6.43. The highest BCUT2D eigenvalue weighted by Crippen LogP contribution is 2.39. The molecular weight excluding hydrogens is 330 g/mol. The molecule has 0 aliphatic heterocycles. The molecule has 0 fully saturated rings. The second-order valence-electron chi connectivity index (χ2n) is 7.38. The number of benzene rings is 2. The van der Waals surface area contributed by atoms with E-state index in [2.05, 4.69) is 89.4 Å². The van der Waals surface area contributed by atoms with Gasteiger partial charge in [-0.1, -0.05) is 48.6 Å². The Balaban J connectivity index is 1.84. The lowest BCUT2D eigenvalue weighted by atomic mass is 10.00. The molecule has 1 atom stereocenters. The van der Waals surface area contributed by atoms with E-state index in [0.29, 0.717) is 0 Å². The van der Waals surface area contributed by atoms with Crippen LogP contribution in [0.5, 0.6) is 0 Å². The summed E-state index contributed by atoms with van der Waals surface area (Å²) in [6.45, 7) is 5.20. The Morgan fingerprint density at radius 1 is 1.15 bits per heavy atom. The van der Waals surface area contributed by atoms with E-state index in [1.807, 2.05) is 0 Å². The summed E-state index contributed by atoms with van der Waals surface area (Å²) < 4.78 is 2.49. The molecule has 2 heterocycles. The van der Waals surface area contributed by atoms with Crippen molar-refractivity contribution in [2.24, 2.45) is 0 Å². The lowest BCUT2D eigenvalue weighted by Crippen LogP contribution is -2.25. The third-order valence-corrected chi connectivity index (χ3v) is 5.78. The summed E-state index contributed by atoms with van der Waals surface area (Å²) >= 11 is 0. The number of H-pyrrole nitrogens is 1. The van der Waals surface area contributed by atoms with Crippen molar-refractivity contribution in [2.45, 2.75) is 32.9 Å². The van der Waals surface area contributed by atoms with Gasteiger partial charge < -0.3 is 9.55 Å². The fourth-order valence-electron chi connectivity index (χ4n) is 4.52. The molecule has 2 aromatic heterocycles. The highest BCUT2D eigenvalue weighted by atomic mass is 15.2. The highest BCUT2D eigenvalue weighted by molar-refractivity contribution is 6.17. The average molecular weight is 355 g/mol. The van der Waals surface area contributed by atoms with E-state index in [9.17, 15) is 0 Å². The predicted octanol–water partition coefficient (Wildman–Crippen LogP) is 5.92. The minimum absolute atomic E-state index is 0.215. The molecule has 3 nitrogen and oxygen atoms in total. The molecule has 0 saturated carbocycles. The molecule has 1 aliphatic rings. The zero-order valence-corrected chi connectivity index (χ0v) is 15.9. The van der Waals surface area contributed by atoms with E-state index < -0.39 is 0 Å². The monoisotopic (exact) mass is 355 g/mol. The topological polar surface area (TPSA) is 32.8 Å². The fourth-order valence-corrected chi connectivity index (χ4v) is 4.52. The first-order valence-corrected chi connectivity index (χ1v) is 9.87. The first-order chi connectivity index (χ1) is 13.3. The lowest BCUT2D eigenvalue weighted by Gasteiger charge is -2.20. The minimum Gasteiger partial charge on any atom is -0.353 e. The number of aromatic amines is 1. The quantitative estimate of drug-likeness (QED) is 0.438. The molecule has 0 radical (unpaired) electrons. The maximum atomic E-state index is 3.71. The van der Waals surface area contributed by atoms with Crippen molar-refractivity contribution in [3.63, 3.8) is 0 Å². The van der Waals surface area contributed by atoms with Crippen LogP contribution in [0.3, 0.4) is 0 Å². The van der Waals surface area contributed by atoms with Gasteiger partial charge in [-0.2, -0.15) is 0 Å². The van der Waals surface area contributed by atoms with Crippen LogP contribution >= 0.6 is 0 Å². The van der Waals surface area contributed by atoms with Gasteiger partial charge in [-0.15, -0.1) is 0 Å². The smallest absolute Gasteiger partial charge is 0.0820 e. The molecule has 3 heteroatoms. The van der Waals surface area contributed by atoms with Gasteiger partial charge in [0.25, 0.3) is 0 Å². The maximum absolute atomic E-state index is 3.71. The molecule has 4 aromatic rings. The first kappa shape index (κ1) is 16.4. The molecule has 27 heavy (non-hydrogen) atoms. The molecule has 136 valence electrons. The molecule has 0 amide bonds. The highest BCUT2D eigenvalue weighted by Gasteiger charge is 2.22. The molecule has 2 N–H and O–H groups in total. The Kier molecular flexibility index (Phi) is 3.91. The van der Waals surface area contributed by atoms with Gasteiger partial charge >= 0.3 is 0 Å². The molecule has 0 spiro atoms. The van der Waals surface area contributed by atoms with E-state index in [4.69, 9.17) is 0 Å². The van der Waals surface area contributed by atoms with Crippen LogP contribution in [0.1, 0.15) is 37.7 Å². The van der Waals surface area contributed by atoms with Crippen LogP contribution in [-0.2, 0) is 6.42 Å².